The molecule has 6 nitrogen and oxygen atoms in total. The van der Waals surface area contributed by atoms with Gasteiger partial charge in [0.25, 0.3) is 0 Å². The normalized spacial score (nSPS) is 16.1. The summed E-state index contributed by atoms with van der Waals surface area (Å²) in [5.41, 5.74) is 5.70. The molecule has 1 fully saturated rings. The van der Waals surface area contributed by atoms with Crippen molar-refractivity contribution in [2.75, 3.05) is 29.5 Å². The van der Waals surface area contributed by atoms with Gasteiger partial charge < -0.3 is 14.4 Å². The largest absolute Gasteiger partial charge is 0.447 e. The molecule has 2 aromatic carbocycles. The van der Waals surface area contributed by atoms with Gasteiger partial charge in [-0.25, -0.2) is 4.79 Å². The molecule has 31 heavy (non-hydrogen) atoms. The van der Waals surface area contributed by atoms with E-state index in [0.29, 0.717) is 19.7 Å². The molecule has 160 valence electrons. The average molecular weight is 425 g/mol. The topological polar surface area (TPSA) is 54.9 Å². The number of carbonyl (C=O) groups excluding carboxylic acids is 1. The van der Waals surface area contributed by atoms with Gasteiger partial charge in [-0.1, -0.05) is 12.1 Å². The molecule has 1 amide bonds. The first-order chi connectivity index (χ1) is 15.0. The maximum Gasteiger partial charge on any atom is 0.414 e. The second-order valence-electron chi connectivity index (χ2n) is 7.69. The van der Waals surface area contributed by atoms with Gasteiger partial charge in [-0.15, -0.1) is 0 Å². The van der Waals surface area contributed by atoms with Crippen molar-refractivity contribution in [2.24, 2.45) is 0 Å². The van der Waals surface area contributed by atoms with E-state index < -0.39 is 6.61 Å². The number of nitrogens with zero attached hydrogens (tertiary/aromatic N) is 3. The number of aromatic nitrogens is 1. The molecule has 1 aromatic heterocycles. The Morgan fingerprint density at radius 1 is 1.13 bits per heavy atom. The summed E-state index contributed by atoms with van der Waals surface area (Å²) in [5, 5.41) is 0.770. The number of alkyl halides is 2. The Balaban J connectivity index is 1.52. The summed E-state index contributed by atoms with van der Waals surface area (Å²) in [5.74, 6) is 0.113. The number of hydrogen-bond donors (Lipinski definition) is 0. The van der Waals surface area contributed by atoms with Crippen molar-refractivity contribution < 1.29 is 23.0 Å². The van der Waals surface area contributed by atoms with Gasteiger partial charge in [0.15, 0.2) is 0 Å². The summed E-state index contributed by atoms with van der Waals surface area (Å²) in [4.78, 5) is 20.5. The maximum absolute atomic E-state index is 12.7. The van der Waals surface area contributed by atoms with Crippen LogP contribution in [0.3, 0.4) is 0 Å². The van der Waals surface area contributed by atoms with Gasteiger partial charge in [0.05, 0.1) is 17.7 Å². The van der Waals surface area contributed by atoms with Crippen LogP contribution < -0.4 is 14.5 Å². The fourth-order valence-electron chi connectivity index (χ4n) is 4.41. The lowest BCUT2D eigenvalue weighted by atomic mass is 9.96. The number of aryl methyl sites for hydroxylation is 1. The molecule has 8 heteroatoms. The Labute approximate surface area is 178 Å². The summed E-state index contributed by atoms with van der Waals surface area (Å²) in [7, 11) is 0. The highest BCUT2D eigenvalue weighted by atomic mass is 19.3. The molecule has 0 aliphatic carbocycles. The fourth-order valence-corrected chi connectivity index (χ4v) is 4.41. The average Bonchev–Trinajstić information content (AvgIpc) is 3.18. The number of anilines is 2. The second kappa shape index (κ2) is 7.68. The zero-order valence-electron chi connectivity index (χ0n) is 17.0. The monoisotopic (exact) mass is 425 g/mol. The molecule has 0 bridgehead atoms. The van der Waals surface area contributed by atoms with Crippen molar-refractivity contribution in [3.8, 4) is 5.75 Å². The standard InChI is InChI=1S/C23H21F2N3O3/c1-14-11-21(18-12-16(31-22(24)25)5-6-19(18)26-14)27-8-7-17-15(13-27)3-2-4-20(17)28-9-10-30-23(28)29/h2-6,11-12,22H,7-10,13H2,1H3. The number of hydrogen-bond acceptors (Lipinski definition) is 5. The van der Waals surface area contributed by atoms with Crippen LogP contribution in [0.4, 0.5) is 25.0 Å². The van der Waals surface area contributed by atoms with Gasteiger partial charge in [-0.05, 0) is 54.8 Å². The number of fused-ring (bicyclic) bond motifs is 2. The van der Waals surface area contributed by atoms with Crippen LogP contribution in [0.15, 0.2) is 42.5 Å². The molecule has 0 spiro atoms. The van der Waals surface area contributed by atoms with E-state index in [1.807, 2.05) is 25.1 Å². The van der Waals surface area contributed by atoms with Crippen LogP contribution in [-0.4, -0.2) is 37.4 Å². The lowest BCUT2D eigenvalue weighted by Gasteiger charge is -2.33. The van der Waals surface area contributed by atoms with Crippen molar-refractivity contribution in [1.29, 1.82) is 0 Å². The van der Waals surface area contributed by atoms with Crippen LogP contribution >= 0.6 is 0 Å². The minimum Gasteiger partial charge on any atom is -0.447 e. The van der Waals surface area contributed by atoms with E-state index in [1.165, 1.54) is 6.07 Å². The Morgan fingerprint density at radius 2 is 2.00 bits per heavy atom. The number of benzene rings is 2. The number of halogens is 2. The fraction of sp³-hybridized carbons (Fsp3) is 0.304. The molecular weight excluding hydrogens is 404 g/mol. The van der Waals surface area contributed by atoms with Crippen LogP contribution in [0.1, 0.15) is 16.8 Å². The molecule has 0 unspecified atom stereocenters. The van der Waals surface area contributed by atoms with E-state index in [0.717, 1.165) is 52.1 Å². The van der Waals surface area contributed by atoms with E-state index in [-0.39, 0.29) is 11.8 Å². The smallest absolute Gasteiger partial charge is 0.414 e. The van der Waals surface area contributed by atoms with Crippen molar-refractivity contribution in [2.45, 2.75) is 26.5 Å². The van der Waals surface area contributed by atoms with Gasteiger partial charge in [-0.2, -0.15) is 8.78 Å². The molecule has 1 saturated heterocycles. The van der Waals surface area contributed by atoms with Crippen molar-refractivity contribution in [3.05, 3.63) is 59.3 Å². The SMILES string of the molecule is Cc1cc(N2CCc3c(cccc3N3CCOC3=O)C2)c2cc(OC(F)F)ccc2n1. The predicted molar refractivity (Wildman–Crippen MR) is 113 cm³/mol. The van der Waals surface area contributed by atoms with Crippen LogP contribution in [0, 0.1) is 6.92 Å². The van der Waals surface area contributed by atoms with Crippen LogP contribution in [-0.2, 0) is 17.7 Å². The van der Waals surface area contributed by atoms with E-state index in [4.69, 9.17) is 4.74 Å². The first kappa shape index (κ1) is 19.5. The summed E-state index contributed by atoms with van der Waals surface area (Å²) in [6, 6.07) is 12.8. The minimum atomic E-state index is -2.88. The molecular formula is C23H21F2N3O3. The number of carbonyl (C=O) groups is 1. The van der Waals surface area contributed by atoms with E-state index >= 15 is 0 Å². The highest BCUT2D eigenvalue weighted by molar-refractivity contribution is 5.94. The Morgan fingerprint density at radius 3 is 2.77 bits per heavy atom. The lowest BCUT2D eigenvalue weighted by Crippen LogP contribution is -2.33. The first-order valence-corrected chi connectivity index (χ1v) is 10.2. The Bertz CT molecular complexity index is 1170. The van der Waals surface area contributed by atoms with Gasteiger partial charge >= 0.3 is 12.7 Å². The molecule has 0 saturated carbocycles. The number of ether oxygens (including phenoxy) is 2. The van der Waals surface area contributed by atoms with Crippen molar-refractivity contribution >= 4 is 28.4 Å². The zero-order valence-corrected chi connectivity index (χ0v) is 17.0. The van der Waals surface area contributed by atoms with Crippen LogP contribution in [0.25, 0.3) is 10.9 Å². The molecule has 0 N–H and O–H groups in total. The molecule has 2 aliphatic rings. The number of amides is 1. The summed E-state index contributed by atoms with van der Waals surface area (Å²) in [6.45, 7) is 1.37. The maximum atomic E-state index is 12.7. The minimum absolute atomic E-state index is 0.113. The number of rotatable bonds is 4. The third-order valence-corrected chi connectivity index (χ3v) is 5.75. The van der Waals surface area contributed by atoms with E-state index in [2.05, 4.69) is 20.7 Å². The Hall–Kier alpha value is -3.42. The van der Waals surface area contributed by atoms with Gasteiger partial charge in [0.1, 0.15) is 12.4 Å². The second-order valence-corrected chi connectivity index (χ2v) is 7.69. The quantitative estimate of drug-likeness (QED) is 0.608. The third kappa shape index (κ3) is 3.62. The third-order valence-electron chi connectivity index (χ3n) is 5.75. The van der Waals surface area contributed by atoms with Crippen LogP contribution in [0.2, 0.25) is 0 Å². The highest BCUT2D eigenvalue weighted by Crippen LogP contribution is 2.36. The molecule has 5 rings (SSSR count). The number of cyclic esters (lactones) is 1. The Kier molecular flexibility index (Phi) is 4.84. The zero-order chi connectivity index (χ0) is 21.5. The van der Waals surface area contributed by atoms with Gasteiger partial charge in [-0.3, -0.25) is 9.88 Å². The summed E-state index contributed by atoms with van der Waals surface area (Å²) < 4.78 is 35.1. The summed E-state index contributed by atoms with van der Waals surface area (Å²) >= 11 is 0. The highest BCUT2D eigenvalue weighted by Gasteiger charge is 2.29. The van der Waals surface area contributed by atoms with Gasteiger partial charge in [0.2, 0.25) is 0 Å². The van der Waals surface area contributed by atoms with Crippen LogP contribution in [0.5, 0.6) is 5.75 Å². The van der Waals surface area contributed by atoms with Crippen molar-refractivity contribution in [1.82, 2.24) is 4.98 Å². The van der Waals surface area contributed by atoms with E-state index in [1.54, 1.807) is 17.0 Å². The van der Waals surface area contributed by atoms with Gasteiger partial charge in [0, 0.05) is 29.9 Å². The molecule has 0 atom stereocenters. The summed E-state index contributed by atoms with van der Waals surface area (Å²) in [6.07, 6.45) is 0.448. The predicted octanol–water partition coefficient (Wildman–Crippen LogP) is 4.66. The number of pyridine rings is 1. The van der Waals surface area contributed by atoms with Crippen molar-refractivity contribution in [3.63, 3.8) is 0 Å². The molecule has 2 aliphatic heterocycles. The lowest BCUT2D eigenvalue weighted by molar-refractivity contribution is -0.0497. The first-order valence-electron chi connectivity index (χ1n) is 10.2. The molecule has 3 aromatic rings. The molecule has 0 radical (unpaired) electrons. The molecule has 3 heterocycles. The van der Waals surface area contributed by atoms with E-state index in [9.17, 15) is 13.6 Å².